The minimum atomic E-state index is 0.236. The number of nitrogens with zero attached hydrogens (tertiary/aromatic N) is 2. The molecule has 1 aromatic rings. The van der Waals surface area contributed by atoms with Crippen LogP contribution in [-0.2, 0) is 0 Å². The number of anilines is 1. The number of rotatable bonds is 4. The highest BCUT2D eigenvalue weighted by Crippen LogP contribution is 2.12. The van der Waals surface area contributed by atoms with E-state index in [1.807, 2.05) is 13.0 Å². The first-order chi connectivity index (χ1) is 7.15. The van der Waals surface area contributed by atoms with Crippen LogP contribution in [0.15, 0.2) is 6.07 Å². The maximum atomic E-state index is 5.75. The summed E-state index contributed by atoms with van der Waals surface area (Å²) in [4.78, 5) is 8.07. The summed E-state index contributed by atoms with van der Waals surface area (Å²) in [6.07, 6.45) is 6.90. The van der Waals surface area contributed by atoms with Crippen molar-refractivity contribution in [3.05, 3.63) is 17.0 Å². The topological polar surface area (TPSA) is 37.8 Å². The Balaban J connectivity index is 2.75. The zero-order valence-electron chi connectivity index (χ0n) is 8.92. The molecule has 0 aliphatic rings. The highest BCUT2D eigenvalue weighted by Gasteiger charge is 2.06. The van der Waals surface area contributed by atoms with Gasteiger partial charge in [-0.15, -0.1) is 12.3 Å². The van der Waals surface area contributed by atoms with E-state index in [0.29, 0.717) is 6.42 Å². The van der Waals surface area contributed by atoms with Crippen molar-refractivity contribution in [2.24, 2.45) is 0 Å². The van der Waals surface area contributed by atoms with E-state index in [1.165, 1.54) is 0 Å². The van der Waals surface area contributed by atoms with Crippen LogP contribution in [0.3, 0.4) is 0 Å². The van der Waals surface area contributed by atoms with Crippen molar-refractivity contribution in [3.63, 3.8) is 0 Å². The molecule has 0 saturated carbocycles. The Morgan fingerprint density at radius 3 is 2.87 bits per heavy atom. The van der Waals surface area contributed by atoms with E-state index in [1.54, 1.807) is 0 Å². The molecule has 1 rings (SSSR count). The number of halogens is 1. The van der Waals surface area contributed by atoms with E-state index >= 15 is 0 Å². The number of hydrogen-bond donors (Lipinski definition) is 1. The van der Waals surface area contributed by atoms with E-state index in [0.717, 1.165) is 17.9 Å². The predicted octanol–water partition coefficient (Wildman–Crippen LogP) is 2.65. The summed E-state index contributed by atoms with van der Waals surface area (Å²) in [5.74, 6) is 3.36. The third-order valence-corrected chi connectivity index (χ3v) is 2.21. The molecule has 0 aliphatic carbocycles. The molecule has 0 fully saturated rings. The van der Waals surface area contributed by atoms with Gasteiger partial charge in [-0.25, -0.2) is 9.97 Å². The molecule has 1 N–H and O–H groups in total. The third kappa shape index (κ3) is 3.77. The van der Waals surface area contributed by atoms with Crippen LogP contribution < -0.4 is 5.32 Å². The lowest BCUT2D eigenvalue weighted by atomic mass is 10.1. The van der Waals surface area contributed by atoms with Crippen LogP contribution in [0.5, 0.6) is 0 Å². The number of aryl methyl sites for hydroxylation is 1. The summed E-state index contributed by atoms with van der Waals surface area (Å²) in [7, 11) is 0. The lowest BCUT2D eigenvalue weighted by Crippen LogP contribution is -2.18. The van der Waals surface area contributed by atoms with Gasteiger partial charge in [0.2, 0.25) is 5.28 Å². The van der Waals surface area contributed by atoms with Gasteiger partial charge in [-0.05, 0) is 24.9 Å². The Labute approximate surface area is 95.3 Å². The van der Waals surface area contributed by atoms with Crippen molar-refractivity contribution < 1.29 is 0 Å². The molecule has 0 spiro atoms. The first kappa shape index (κ1) is 11.8. The van der Waals surface area contributed by atoms with Gasteiger partial charge in [0, 0.05) is 24.2 Å². The fraction of sp³-hybridized carbons (Fsp3) is 0.455. The van der Waals surface area contributed by atoms with Gasteiger partial charge in [-0.2, -0.15) is 0 Å². The summed E-state index contributed by atoms with van der Waals surface area (Å²) < 4.78 is 0. The molecular weight excluding hydrogens is 210 g/mol. The van der Waals surface area contributed by atoms with Gasteiger partial charge in [-0.1, -0.05) is 6.92 Å². The Morgan fingerprint density at radius 2 is 2.33 bits per heavy atom. The third-order valence-electron chi connectivity index (χ3n) is 2.04. The quantitative estimate of drug-likeness (QED) is 0.630. The van der Waals surface area contributed by atoms with E-state index in [4.69, 9.17) is 18.0 Å². The summed E-state index contributed by atoms with van der Waals surface area (Å²) in [6, 6.07) is 2.09. The Hall–Kier alpha value is -1.27. The molecule has 1 heterocycles. The minimum absolute atomic E-state index is 0.236. The largest absolute Gasteiger partial charge is 0.366 e. The van der Waals surface area contributed by atoms with E-state index in [-0.39, 0.29) is 11.3 Å². The molecule has 1 unspecified atom stereocenters. The number of aromatic nitrogens is 2. The van der Waals surface area contributed by atoms with Crippen molar-refractivity contribution in [1.29, 1.82) is 0 Å². The van der Waals surface area contributed by atoms with Crippen molar-refractivity contribution in [3.8, 4) is 12.3 Å². The Bertz CT molecular complexity index is 350. The average molecular weight is 224 g/mol. The Morgan fingerprint density at radius 1 is 1.60 bits per heavy atom. The molecule has 4 heteroatoms. The molecular formula is C11H14ClN3. The maximum absolute atomic E-state index is 5.75. The van der Waals surface area contributed by atoms with Gasteiger partial charge < -0.3 is 5.32 Å². The summed E-state index contributed by atoms with van der Waals surface area (Å²) in [6.45, 7) is 3.95. The number of hydrogen-bond acceptors (Lipinski definition) is 3. The standard InChI is InChI=1S/C11H14ClN3/c1-4-6-9(5-2)14-10-7-8(3)13-11(12)15-10/h1,7,9H,5-6H2,2-3H3,(H,13,14,15). The van der Waals surface area contributed by atoms with Crippen molar-refractivity contribution in [1.82, 2.24) is 9.97 Å². The minimum Gasteiger partial charge on any atom is -0.366 e. The molecule has 1 aromatic heterocycles. The highest BCUT2D eigenvalue weighted by atomic mass is 35.5. The van der Waals surface area contributed by atoms with Crippen LogP contribution >= 0.6 is 11.6 Å². The zero-order valence-corrected chi connectivity index (χ0v) is 9.67. The molecule has 1 atom stereocenters. The lowest BCUT2D eigenvalue weighted by molar-refractivity contribution is 0.711. The predicted molar refractivity (Wildman–Crippen MR) is 62.9 cm³/mol. The first-order valence-electron chi connectivity index (χ1n) is 4.87. The van der Waals surface area contributed by atoms with Crippen molar-refractivity contribution in [2.45, 2.75) is 32.7 Å². The molecule has 0 amide bonds. The highest BCUT2D eigenvalue weighted by molar-refractivity contribution is 6.28. The van der Waals surface area contributed by atoms with Crippen LogP contribution in [0.4, 0.5) is 5.82 Å². The smallest absolute Gasteiger partial charge is 0.224 e. The van der Waals surface area contributed by atoms with Crippen LogP contribution in [0.1, 0.15) is 25.5 Å². The molecule has 0 aromatic carbocycles. The number of nitrogens with one attached hydrogen (secondary N) is 1. The fourth-order valence-corrected chi connectivity index (χ4v) is 1.48. The van der Waals surface area contributed by atoms with Gasteiger partial charge in [0.05, 0.1) is 0 Å². The molecule has 3 nitrogen and oxygen atoms in total. The van der Waals surface area contributed by atoms with Gasteiger partial charge in [0.1, 0.15) is 5.82 Å². The maximum Gasteiger partial charge on any atom is 0.224 e. The Kier molecular flexibility index (Phi) is 4.38. The van der Waals surface area contributed by atoms with E-state index in [2.05, 4.69) is 28.1 Å². The lowest BCUT2D eigenvalue weighted by Gasteiger charge is -2.14. The second-order valence-corrected chi connectivity index (χ2v) is 3.66. The SMILES string of the molecule is C#CCC(CC)Nc1cc(C)nc(Cl)n1. The second kappa shape index (κ2) is 5.57. The summed E-state index contributed by atoms with van der Waals surface area (Å²) in [5.41, 5.74) is 0.841. The van der Waals surface area contributed by atoms with E-state index in [9.17, 15) is 0 Å². The van der Waals surface area contributed by atoms with Crippen LogP contribution in [0.25, 0.3) is 0 Å². The van der Waals surface area contributed by atoms with Gasteiger partial charge in [0.25, 0.3) is 0 Å². The molecule has 80 valence electrons. The average Bonchev–Trinajstić information content (AvgIpc) is 2.15. The van der Waals surface area contributed by atoms with Crippen LogP contribution in [0, 0.1) is 19.3 Å². The summed E-state index contributed by atoms with van der Waals surface area (Å²) in [5, 5.41) is 3.49. The van der Waals surface area contributed by atoms with Crippen LogP contribution in [-0.4, -0.2) is 16.0 Å². The second-order valence-electron chi connectivity index (χ2n) is 3.32. The van der Waals surface area contributed by atoms with Gasteiger partial charge in [-0.3, -0.25) is 0 Å². The molecule has 0 aliphatic heterocycles. The summed E-state index contributed by atoms with van der Waals surface area (Å²) >= 11 is 5.75. The van der Waals surface area contributed by atoms with Crippen LogP contribution in [0.2, 0.25) is 5.28 Å². The molecule has 0 bridgehead atoms. The zero-order chi connectivity index (χ0) is 11.3. The molecule has 0 radical (unpaired) electrons. The van der Waals surface area contributed by atoms with Crippen molar-refractivity contribution >= 4 is 17.4 Å². The fourth-order valence-electron chi connectivity index (χ4n) is 1.26. The normalized spacial score (nSPS) is 11.9. The van der Waals surface area contributed by atoms with E-state index < -0.39 is 0 Å². The van der Waals surface area contributed by atoms with Gasteiger partial charge in [0.15, 0.2) is 0 Å². The first-order valence-corrected chi connectivity index (χ1v) is 5.24. The monoisotopic (exact) mass is 223 g/mol. The molecule has 0 saturated heterocycles. The van der Waals surface area contributed by atoms with Gasteiger partial charge >= 0.3 is 0 Å². The number of terminal acetylenes is 1. The molecule has 15 heavy (non-hydrogen) atoms. The van der Waals surface area contributed by atoms with Crippen molar-refractivity contribution in [2.75, 3.05) is 5.32 Å².